The minimum atomic E-state index is 0. The first-order valence-electron chi connectivity index (χ1n) is 0.365. The summed E-state index contributed by atoms with van der Waals surface area (Å²) in [4.78, 5) is 8.00. The zero-order chi connectivity index (χ0) is 2.71. The summed E-state index contributed by atoms with van der Waals surface area (Å²) in [5.74, 6) is 0. The van der Waals surface area contributed by atoms with Crippen molar-refractivity contribution in [2.75, 3.05) is 0 Å². The average molecular weight is 206 g/mol. The van der Waals surface area contributed by atoms with E-state index in [0.717, 1.165) is 5.34 Å². The van der Waals surface area contributed by atoms with Gasteiger partial charge in [0, 0.05) is 0 Å². The van der Waals surface area contributed by atoms with Crippen molar-refractivity contribution >= 4 is 151 Å². The third-order valence-electron chi connectivity index (χ3n) is 0. The molecule has 0 aromatic rings. The van der Waals surface area contributed by atoms with Crippen molar-refractivity contribution < 1.29 is 0 Å². The third kappa shape index (κ3) is 37.7. The second kappa shape index (κ2) is 31.4. The van der Waals surface area contributed by atoms with Gasteiger partial charge in [0.2, 0.25) is 0 Å². The number of hydrogen-bond acceptors (Lipinski definition) is 3. The molecule has 0 aliphatic heterocycles. The van der Waals surface area contributed by atoms with Crippen LogP contribution in [0.1, 0.15) is 0 Å². The van der Waals surface area contributed by atoms with Gasteiger partial charge in [-0.15, -0.1) is 5.34 Å². The first kappa shape index (κ1) is 30.1. The molecular formula is Ca4NO2+7. The van der Waals surface area contributed by atoms with Gasteiger partial charge in [-0.25, -0.2) is 0 Å². The van der Waals surface area contributed by atoms with E-state index in [9.17, 15) is 0 Å². The smallest absolute Gasteiger partial charge is 0.444 e. The van der Waals surface area contributed by atoms with Crippen LogP contribution in [-0.2, 0) is 0 Å². The zero-order valence-electron chi connectivity index (χ0n) is 4.09. The minimum Gasteiger partial charge on any atom is -0.444 e. The summed E-state index contributed by atoms with van der Waals surface area (Å²) in [7, 11) is 0. The van der Waals surface area contributed by atoms with E-state index >= 15 is 0 Å². The molecule has 7 heteroatoms. The molecule has 0 saturated heterocycles. The molecule has 0 aromatic carbocycles. The van der Waals surface area contributed by atoms with Gasteiger partial charge >= 0.3 is 151 Å². The van der Waals surface area contributed by atoms with Crippen LogP contribution in [0.5, 0.6) is 0 Å². The van der Waals surface area contributed by atoms with E-state index in [1.807, 2.05) is 0 Å². The molecule has 0 saturated carbocycles. The summed E-state index contributed by atoms with van der Waals surface area (Å²) >= 11 is 0. The number of nitrogens with zero attached hydrogens (tertiary/aromatic N) is 1. The Labute approximate surface area is 161 Å². The van der Waals surface area contributed by atoms with Gasteiger partial charge in [-0.1, -0.05) is 0 Å². The standard InChI is InChI=1S/4Ca.HNO2/c;;;;2-1-3/h;;;;(H,2,3)/q4*+2;/p-1. The first-order chi connectivity index (χ1) is 1.41. The van der Waals surface area contributed by atoms with E-state index < -0.39 is 0 Å². The van der Waals surface area contributed by atoms with Crippen LogP contribution in [0.4, 0.5) is 0 Å². The summed E-state index contributed by atoms with van der Waals surface area (Å²) in [6.45, 7) is 0. The van der Waals surface area contributed by atoms with Gasteiger partial charge in [0.25, 0.3) is 0 Å². The van der Waals surface area contributed by atoms with E-state index in [0.29, 0.717) is 0 Å². The van der Waals surface area contributed by atoms with Gasteiger partial charge in [0.05, 0.1) is 0 Å². The Morgan fingerprint density at radius 3 is 1.00 bits per heavy atom. The van der Waals surface area contributed by atoms with Crippen LogP contribution < -0.4 is 0 Å². The van der Waals surface area contributed by atoms with Crippen LogP contribution in [0, 0.1) is 10.1 Å². The van der Waals surface area contributed by atoms with Gasteiger partial charge in [-0.05, 0) is 0 Å². The molecule has 0 aliphatic rings. The van der Waals surface area contributed by atoms with Crippen LogP contribution in [-0.4, -0.2) is 151 Å². The number of hydrogen-bond donors (Lipinski definition) is 0. The van der Waals surface area contributed by atoms with Crippen molar-refractivity contribution in [1.82, 2.24) is 0 Å². The topological polar surface area (TPSA) is 52.5 Å². The van der Waals surface area contributed by atoms with Crippen LogP contribution in [0.25, 0.3) is 0 Å². The van der Waals surface area contributed by atoms with Crippen LogP contribution in [0.3, 0.4) is 0 Å². The molecule has 0 spiro atoms. The molecule has 0 fully saturated rings. The van der Waals surface area contributed by atoms with E-state index in [-0.39, 0.29) is 151 Å². The van der Waals surface area contributed by atoms with Crippen molar-refractivity contribution in [2.24, 2.45) is 5.34 Å². The van der Waals surface area contributed by atoms with Crippen molar-refractivity contribution in [3.63, 3.8) is 0 Å². The Morgan fingerprint density at radius 1 is 1.00 bits per heavy atom. The second-order valence-corrected chi connectivity index (χ2v) is 0.0745. The molecule has 0 amide bonds. The molecule has 7 heavy (non-hydrogen) atoms. The summed E-state index contributed by atoms with van der Waals surface area (Å²) in [6, 6.07) is 0. The van der Waals surface area contributed by atoms with Gasteiger partial charge < -0.3 is 10.1 Å². The van der Waals surface area contributed by atoms with Crippen molar-refractivity contribution in [2.45, 2.75) is 0 Å². The molecule has 0 heterocycles. The largest absolute Gasteiger partial charge is 2.00 e. The van der Waals surface area contributed by atoms with Crippen LogP contribution >= 0.6 is 0 Å². The van der Waals surface area contributed by atoms with Gasteiger partial charge in [0.15, 0.2) is 0 Å². The minimum absolute atomic E-state index is 0. The van der Waals surface area contributed by atoms with Crippen molar-refractivity contribution in [3.05, 3.63) is 10.1 Å². The van der Waals surface area contributed by atoms with E-state index in [2.05, 4.69) is 0 Å². The zero-order valence-corrected chi connectivity index (χ0v) is 12.9. The Balaban J connectivity index is -0.00000000333. The molecule has 0 aliphatic carbocycles. The summed E-state index contributed by atoms with van der Waals surface area (Å²) in [5.41, 5.74) is 0. The molecule has 0 radical (unpaired) electrons. The van der Waals surface area contributed by atoms with Crippen molar-refractivity contribution in [1.29, 1.82) is 0 Å². The van der Waals surface area contributed by atoms with E-state index in [1.165, 1.54) is 0 Å². The maximum absolute atomic E-state index is 8.00. The summed E-state index contributed by atoms with van der Waals surface area (Å²) < 4.78 is 0. The molecular weight excluding hydrogens is 206 g/mol. The average Bonchev–Trinajstić information content (AvgIpc) is 0.918. The van der Waals surface area contributed by atoms with Crippen LogP contribution in [0.2, 0.25) is 0 Å². The molecule has 0 unspecified atom stereocenters. The normalized spacial score (nSPS) is 1.71. The Morgan fingerprint density at radius 2 is 1.00 bits per heavy atom. The maximum atomic E-state index is 8.00. The predicted octanol–water partition coefficient (Wildman–Crippen LogP) is -1.27. The van der Waals surface area contributed by atoms with E-state index in [4.69, 9.17) is 10.1 Å². The quantitative estimate of drug-likeness (QED) is 0.282. The van der Waals surface area contributed by atoms with Gasteiger partial charge in [-0.2, -0.15) is 0 Å². The Hall–Kier alpha value is 4.44. The fourth-order valence-corrected chi connectivity index (χ4v) is 0. The Kier molecular flexibility index (Phi) is 135. The number of rotatable bonds is 0. The molecule has 0 bridgehead atoms. The summed E-state index contributed by atoms with van der Waals surface area (Å²) in [5, 5.41) is 9.00. The SMILES string of the molecule is O=N[O-].[Ca+2].[Ca+2].[Ca+2].[Ca+2]. The third-order valence-corrected chi connectivity index (χ3v) is 0. The molecule has 0 N–H and O–H groups in total. The van der Waals surface area contributed by atoms with E-state index in [1.54, 1.807) is 0 Å². The first-order valence-corrected chi connectivity index (χ1v) is 0.365. The van der Waals surface area contributed by atoms with Crippen LogP contribution in [0.15, 0.2) is 5.34 Å². The fourth-order valence-electron chi connectivity index (χ4n) is 0. The summed E-state index contributed by atoms with van der Waals surface area (Å²) in [6.07, 6.45) is 0. The predicted molar refractivity (Wildman–Crippen MR) is 32.2 cm³/mol. The Bertz CT molecular complexity index is 17.2. The molecule has 0 atom stereocenters. The van der Waals surface area contributed by atoms with Crippen molar-refractivity contribution in [3.8, 4) is 0 Å². The monoisotopic (exact) mass is 206 g/mol. The van der Waals surface area contributed by atoms with Gasteiger partial charge in [0.1, 0.15) is 0 Å². The van der Waals surface area contributed by atoms with Gasteiger partial charge in [-0.3, -0.25) is 0 Å². The maximum Gasteiger partial charge on any atom is 2.00 e. The molecule has 3 nitrogen and oxygen atoms in total. The molecule has 18 valence electrons. The fraction of sp³-hybridized carbons (Fsp3) is 0. The second-order valence-electron chi connectivity index (χ2n) is 0.0745. The molecule has 0 rings (SSSR count). The molecule has 0 aromatic heterocycles.